The zero-order valence-corrected chi connectivity index (χ0v) is 10.2. The maximum Gasteiger partial charge on any atom is 0.573 e. The molecule has 19 heavy (non-hydrogen) atoms. The number of carbonyl (C=O) groups excluding carboxylic acids is 2. The van der Waals surface area contributed by atoms with Crippen molar-refractivity contribution in [1.29, 1.82) is 0 Å². The van der Waals surface area contributed by atoms with Crippen molar-refractivity contribution in [2.75, 3.05) is 0 Å². The summed E-state index contributed by atoms with van der Waals surface area (Å²) in [5.74, 6) is -2.14. The standard InChI is InChI=1S/C12H12F3NO3/c1-6(5-17)10-7(2)8(11(16)18)3-4-9(10)19-12(13,14)15/h3-6H,1-2H3,(H2,16,18). The molecule has 104 valence electrons. The van der Waals surface area contributed by atoms with Crippen molar-refractivity contribution in [3.05, 3.63) is 28.8 Å². The number of aldehydes is 1. The molecule has 7 heteroatoms. The SMILES string of the molecule is Cc1c(C(N)=O)ccc(OC(F)(F)F)c1C(C)C=O. The van der Waals surface area contributed by atoms with E-state index < -0.39 is 23.9 Å². The summed E-state index contributed by atoms with van der Waals surface area (Å²) < 4.78 is 40.7. The molecule has 0 saturated carbocycles. The highest BCUT2D eigenvalue weighted by molar-refractivity contribution is 5.95. The minimum atomic E-state index is -4.88. The smallest absolute Gasteiger partial charge is 0.405 e. The van der Waals surface area contributed by atoms with Gasteiger partial charge in [0, 0.05) is 17.0 Å². The fourth-order valence-electron chi connectivity index (χ4n) is 1.82. The van der Waals surface area contributed by atoms with Crippen molar-refractivity contribution in [1.82, 2.24) is 0 Å². The zero-order valence-electron chi connectivity index (χ0n) is 10.2. The number of carbonyl (C=O) groups is 2. The van der Waals surface area contributed by atoms with E-state index in [2.05, 4.69) is 4.74 Å². The number of ether oxygens (including phenoxy) is 1. The van der Waals surface area contributed by atoms with Crippen LogP contribution in [0.2, 0.25) is 0 Å². The molecule has 1 amide bonds. The molecule has 4 nitrogen and oxygen atoms in total. The third-order valence-corrected chi connectivity index (χ3v) is 2.63. The molecule has 0 radical (unpaired) electrons. The number of primary amides is 1. The van der Waals surface area contributed by atoms with Crippen LogP contribution in [0.15, 0.2) is 12.1 Å². The van der Waals surface area contributed by atoms with Gasteiger partial charge in [-0.2, -0.15) is 0 Å². The summed E-state index contributed by atoms with van der Waals surface area (Å²) >= 11 is 0. The van der Waals surface area contributed by atoms with E-state index in [0.29, 0.717) is 6.29 Å². The second kappa shape index (κ2) is 5.29. The summed E-state index contributed by atoms with van der Waals surface area (Å²) in [7, 11) is 0. The van der Waals surface area contributed by atoms with E-state index >= 15 is 0 Å². The fourth-order valence-corrected chi connectivity index (χ4v) is 1.82. The maximum atomic E-state index is 12.3. The van der Waals surface area contributed by atoms with Crippen LogP contribution in [0.5, 0.6) is 5.75 Å². The Bertz CT molecular complexity index is 512. The first kappa shape index (κ1) is 15.0. The highest BCUT2D eigenvalue weighted by atomic mass is 19.4. The molecule has 1 atom stereocenters. The van der Waals surface area contributed by atoms with Crippen molar-refractivity contribution in [2.24, 2.45) is 5.73 Å². The predicted octanol–water partition coefficient (Wildman–Crippen LogP) is 2.29. The van der Waals surface area contributed by atoms with Gasteiger partial charge in [0.1, 0.15) is 12.0 Å². The number of hydrogen-bond donors (Lipinski definition) is 1. The summed E-state index contributed by atoms with van der Waals surface area (Å²) in [5.41, 5.74) is 5.37. The summed E-state index contributed by atoms with van der Waals surface area (Å²) in [6.45, 7) is 2.82. The highest BCUT2D eigenvalue weighted by Crippen LogP contribution is 2.34. The van der Waals surface area contributed by atoms with Crippen LogP contribution in [0, 0.1) is 6.92 Å². The second-order valence-corrected chi connectivity index (χ2v) is 3.99. The Labute approximate surface area is 107 Å². The maximum absolute atomic E-state index is 12.3. The number of halogens is 3. The quantitative estimate of drug-likeness (QED) is 0.857. The van der Waals surface area contributed by atoms with Crippen LogP contribution in [-0.2, 0) is 4.79 Å². The van der Waals surface area contributed by atoms with E-state index in [1.807, 2.05) is 0 Å². The average molecular weight is 275 g/mol. The van der Waals surface area contributed by atoms with Gasteiger partial charge < -0.3 is 15.3 Å². The molecule has 0 heterocycles. The second-order valence-electron chi connectivity index (χ2n) is 3.99. The number of amides is 1. The lowest BCUT2D eigenvalue weighted by Gasteiger charge is -2.18. The molecule has 0 saturated heterocycles. The van der Waals surface area contributed by atoms with Crippen molar-refractivity contribution in [2.45, 2.75) is 26.1 Å². The lowest BCUT2D eigenvalue weighted by Crippen LogP contribution is -2.20. The van der Waals surface area contributed by atoms with Gasteiger partial charge in [-0.3, -0.25) is 4.79 Å². The van der Waals surface area contributed by atoms with E-state index in [9.17, 15) is 22.8 Å². The number of nitrogens with two attached hydrogens (primary N) is 1. The van der Waals surface area contributed by atoms with Crippen LogP contribution in [0.4, 0.5) is 13.2 Å². The topological polar surface area (TPSA) is 69.4 Å². The lowest BCUT2D eigenvalue weighted by atomic mass is 9.92. The molecule has 0 aliphatic heterocycles. The first-order valence-corrected chi connectivity index (χ1v) is 5.31. The van der Waals surface area contributed by atoms with Crippen molar-refractivity contribution in [3.63, 3.8) is 0 Å². The van der Waals surface area contributed by atoms with Crippen molar-refractivity contribution >= 4 is 12.2 Å². The highest BCUT2D eigenvalue weighted by Gasteiger charge is 2.33. The normalized spacial score (nSPS) is 12.9. The first-order valence-electron chi connectivity index (χ1n) is 5.31. The predicted molar refractivity (Wildman–Crippen MR) is 60.9 cm³/mol. The molecule has 0 aliphatic carbocycles. The first-order chi connectivity index (χ1) is 8.67. The van der Waals surface area contributed by atoms with Crippen LogP contribution >= 0.6 is 0 Å². The third kappa shape index (κ3) is 3.46. The van der Waals surface area contributed by atoms with Crippen molar-refractivity contribution in [3.8, 4) is 5.75 Å². The molecule has 0 aliphatic rings. The van der Waals surface area contributed by atoms with Crippen LogP contribution in [-0.4, -0.2) is 18.6 Å². The molecular weight excluding hydrogens is 263 g/mol. The number of rotatable bonds is 4. The number of hydrogen-bond acceptors (Lipinski definition) is 3. The largest absolute Gasteiger partial charge is 0.573 e. The van der Waals surface area contributed by atoms with Crippen LogP contribution in [0.1, 0.15) is 34.3 Å². The summed E-state index contributed by atoms with van der Waals surface area (Å²) in [6.07, 6.45) is -4.41. The van der Waals surface area contributed by atoms with Crippen LogP contribution < -0.4 is 10.5 Å². The Morgan fingerprint density at radius 2 is 2.00 bits per heavy atom. The lowest BCUT2D eigenvalue weighted by molar-refractivity contribution is -0.275. The Morgan fingerprint density at radius 1 is 1.42 bits per heavy atom. The Morgan fingerprint density at radius 3 is 2.42 bits per heavy atom. The minimum absolute atomic E-state index is 0.00336. The molecule has 2 N–H and O–H groups in total. The molecule has 0 bridgehead atoms. The Kier molecular flexibility index (Phi) is 4.18. The summed E-state index contributed by atoms with van der Waals surface area (Å²) in [6, 6.07) is 2.12. The van der Waals surface area contributed by atoms with E-state index in [1.54, 1.807) is 0 Å². The molecule has 1 rings (SSSR count). The Hall–Kier alpha value is -2.05. The summed E-state index contributed by atoms with van der Waals surface area (Å²) in [5, 5.41) is 0. The summed E-state index contributed by atoms with van der Waals surface area (Å²) in [4.78, 5) is 22.0. The van der Waals surface area contributed by atoms with Gasteiger partial charge in [-0.25, -0.2) is 0 Å². The van der Waals surface area contributed by atoms with Crippen LogP contribution in [0.3, 0.4) is 0 Å². The Balaban J connectivity index is 3.44. The third-order valence-electron chi connectivity index (χ3n) is 2.63. The van der Waals surface area contributed by atoms with E-state index in [0.717, 1.165) is 12.1 Å². The monoisotopic (exact) mass is 275 g/mol. The molecule has 1 aromatic carbocycles. The van der Waals surface area contributed by atoms with Gasteiger partial charge in [0.05, 0.1) is 0 Å². The minimum Gasteiger partial charge on any atom is -0.405 e. The van der Waals surface area contributed by atoms with Gasteiger partial charge in [0.2, 0.25) is 5.91 Å². The molecule has 1 unspecified atom stereocenters. The van der Waals surface area contributed by atoms with E-state index in [1.165, 1.54) is 13.8 Å². The molecule has 1 aromatic rings. The van der Waals surface area contributed by atoms with E-state index in [-0.39, 0.29) is 16.7 Å². The molecule has 0 aromatic heterocycles. The van der Waals surface area contributed by atoms with Gasteiger partial charge in [-0.1, -0.05) is 6.92 Å². The number of benzene rings is 1. The van der Waals surface area contributed by atoms with Gasteiger partial charge in [0.15, 0.2) is 0 Å². The van der Waals surface area contributed by atoms with Gasteiger partial charge in [0.25, 0.3) is 0 Å². The average Bonchev–Trinajstić information content (AvgIpc) is 2.25. The number of alkyl halides is 3. The van der Waals surface area contributed by atoms with Crippen molar-refractivity contribution < 1.29 is 27.5 Å². The fraction of sp³-hybridized carbons (Fsp3) is 0.333. The molecule has 0 fully saturated rings. The molecule has 0 spiro atoms. The van der Waals surface area contributed by atoms with Gasteiger partial charge in [-0.15, -0.1) is 13.2 Å². The van der Waals surface area contributed by atoms with E-state index in [4.69, 9.17) is 5.73 Å². The zero-order chi connectivity index (χ0) is 14.8. The van der Waals surface area contributed by atoms with Gasteiger partial charge in [-0.05, 0) is 24.6 Å². The van der Waals surface area contributed by atoms with Crippen LogP contribution in [0.25, 0.3) is 0 Å². The van der Waals surface area contributed by atoms with Gasteiger partial charge >= 0.3 is 6.36 Å². The molecular formula is C12H12F3NO3.